The molecule has 0 saturated heterocycles. The fourth-order valence-corrected chi connectivity index (χ4v) is 2.05. The van der Waals surface area contributed by atoms with E-state index in [0.29, 0.717) is 23.7 Å². The SMILES string of the molecule is O=Cc1nc(Cl)oc1C1CCCC1. The van der Waals surface area contributed by atoms with Crippen LogP contribution in [0.25, 0.3) is 0 Å². The van der Waals surface area contributed by atoms with E-state index in [1.165, 1.54) is 12.8 Å². The maximum absolute atomic E-state index is 10.6. The minimum absolute atomic E-state index is 0.0731. The summed E-state index contributed by atoms with van der Waals surface area (Å²) in [6.07, 6.45) is 5.25. The summed E-state index contributed by atoms with van der Waals surface area (Å²) in [5, 5.41) is 0.0731. The van der Waals surface area contributed by atoms with Crippen molar-refractivity contribution in [3.05, 3.63) is 16.8 Å². The first kappa shape index (κ1) is 8.75. The largest absolute Gasteiger partial charge is 0.432 e. The van der Waals surface area contributed by atoms with Gasteiger partial charge in [-0.3, -0.25) is 4.79 Å². The van der Waals surface area contributed by atoms with E-state index in [1.807, 2.05) is 0 Å². The van der Waals surface area contributed by atoms with Gasteiger partial charge in [0, 0.05) is 5.92 Å². The molecule has 3 nitrogen and oxygen atoms in total. The Hall–Kier alpha value is -0.830. The van der Waals surface area contributed by atoms with Crippen molar-refractivity contribution in [3.8, 4) is 0 Å². The number of carbonyl (C=O) groups excluding carboxylic acids is 1. The zero-order chi connectivity index (χ0) is 9.26. The van der Waals surface area contributed by atoms with Crippen molar-refractivity contribution in [2.45, 2.75) is 31.6 Å². The van der Waals surface area contributed by atoms with E-state index < -0.39 is 0 Å². The molecule has 13 heavy (non-hydrogen) atoms. The van der Waals surface area contributed by atoms with Gasteiger partial charge in [-0.25, -0.2) is 0 Å². The third-order valence-electron chi connectivity index (χ3n) is 2.49. The van der Waals surface area contributed by atoms with E-state index >= 15 is 0 Å². The Morgan fingerprint density at radius 1 is 1.46 bits per heavy atom. The van der Waals surface area contributed by atoms with E-state index in [9.17, 15) is 4.79 Å². The lowest BCUT2D eigenvalue weighted by atomic mass is 10.0. The van der Waals surface area contributed by atoms with Crippen LogP contribution in [-0.4, -0.2) is 11.3 Å². The van der Waals surface area contributed by atoms with E-state index in [4.69, 9.17) is 16.0 Å². The molecule has 0 radical (unpaired) electrons. The summed E-state index contributed by atoms with van der Waals surface area (Å²) in [5.74, 6) is 1.03. The number of aromatic nitrogens is 1. The predicted octanol–water partition coefficient (Wildman–Crippen LogP) is 2.80. The minimum Gasteiger partial charge on any atom is -0.432 e. The van der Waals surface area contributed by atoms with Gasteiger partial charge in [-0.2, -0.15) is 4.98 Å². The van der Waals surface area contributed by atoms with Crippen molar-refractivity contribution in [3.63, 3.8) is 0 Å². The Labute approximate surface area is 81.1 Å². The second-order valence-electron chi connectivity index (χ2n) is 3.32. The topological polar surface area (TPSA) is 43.1 Å². The molecule has 0 bridgehead atoms. The smallest absolute Gasteiger partial charge is 0.292 e. The molecule has 1 aliphatic rings. The number of halogens is 1. The van der Waals surface area contributed by atoms with Crippen LogP contribution in [-0.2, 0) is 0 Å². The van der Waals surface area contributed by atoms with Gasteiger partial charge < -0.3 is 4.42 Å². The van der Waals surface area contributed by atoms with Gasteiger partial charge in [-0.15, -0.1) is 0 Å². The van der Waals surface area contributed by atoms with Gasteiger partial charge in [-0.05, 0) is 24.4 Å². The van der Waals surface area contributed by atoms with E-state index in [0.717, 1.165) is 12.8 Å². The molecule has 1 heterocycles. The summed E-state index contributed by atoms with van der Waals surface area (Å²) < 4.78 is 5.21. The lowest BCUT2D eigenvalue weighted by Crippen LogP contribution is -1.94. The lowest BCUT2D eigenvalue weighted by molar-refractivity contribution is 0.111. The molecular formula is C9H10ClNO2. The van der Waals surface area contributed by atoms with Gasteiger partial charge in [0.05, 0.1) is 0 Å². The van der Waals surface area contributed by atoms with Crippen molar-refractivity contribution in [1.29, 1.82) is 0 Å². The summed E-state index contributed by atoms with van der Waals surface area (Å²) in [7, 11) is 0. The van der Waals surface area contributed by atoms with Crippen LogP contribution in [0.4, 0.5) is 0 Å². The highest BCUT2D eigenvalue weighted by Crippen LogP contribution is 2.36. The van der Waals surface area contributed by atoms with Crippen LogP contribution in [0.2, 0.25) is 5.35 Å². The fourth-order valence-electron chi connectivity index (χ4n) is 1.88. The van der Waals surface area contributed by atoms with E-state index in [2.05, 4.69) is 4.98 Å². The summed E-state index contributed by atoms with van der Waals surface area (Å²) in [4.78, 5) is 14.4. The first-order chi connectivity index (χ1) is 6.31. The molecule has 1 aromatic rings. The second-order valence-corrected chi connectivity index (χ2v) is 3.64. The van der Waals surface area contributed by atoms with Crippen LogP contribution in [0, 0.1) is 0 Å². The Bertz CT molecular complexity index is 315. The van der Waals surface area contributed by atoms with Gasteiger partial charge in [0.25, 0.3) is 5.35 Å². The van der Waals surface area contributed by atoms with Gasteiger partial charge in [0.1, 0.15) is 11.5 Å². The van der Waals surface area contributed by atoms with Gasteiger partial charge >= 0.3 is 0 Å². The maximum atomic E-state index is 10.6. The molecule has 1 fully saturated rings. The van der Waals surface area contributed by atoms with Crippen LogP contribution in [0.3, 0.4) is 0 Å². The molecule has 0 atom stereocenters. The highest BCUT2D eigenvalue weighted by Gasteiger charge is 2.24. The zero-order valence-electron chi connectivity index (χ0n) is 7.12. The van der Waals surface area contributed by atoms with E-state index in [-0.39, 0.29) is 5.35 Å². The molecule has 0 N–H and O–H groups in total. The Balaban J connectivity index is 2.31. The first-order valence-electron chi connectivity index (χ1n) is 4.42. The molecule has 4 heteroatoms. The van der Waals surface area contributed by atoms with Crippen molar-refractivity contribution in [2.75, 3.05) is 0 Å². The molecule has 1 saturated carbocycles. The molecule has 2 rings (SSSR count). The average molecular weight is 200 g/mol. The molecule has 0 amide bonds. The standard InChI is InChI=1S/C9H10ClNO2/c10-9-11-7(5-12)8(13-9)6-3-1-2-4-6/h5-6H,1-4H2. The van der Waals surface area contributed by atoms with Crippen molar-refractivity contribution in [2.24, 2.45) is 0 Å². The van der Waals surface area contributed by atoms with Crippen LogP contribution >= 0.6 is 11.6 Å². The third kappa shape index (κ3) is 1.61. The number of nitrogens with zero attached hydrogens (tertiary/aromatic N) is 1. The number of oxazole rings is 1. The van der Waals surface area contributed by atoms with Crippen molar-refractivity contribution in [1.82, 2.24) is 4.98 Å². The zero-order valence-corrected chi connectivity index (χ0v) is 7.88. The predicted molar refractivity (Wildman–Crippen MR) is 48.1 cm³/mol. The summed E-state index contributed by atoms with van der Waals surface area (Å²) in [6, 6.07) is 0. The monoisotopic (exact) mass is 199 g/mol. The quantitative estimate of drug-likeness (QED) is 0.688. The van der Waals surface area contributed by atoms with E-state index in [1.54, 1.807) is 0 Å². The molecule has 1 aliphatic carbocycles. The Morgan fingerprint density at radius 2 is 2.15 bits per heavy atom. The van der Waals surface area contributed by atoms with Crippen molar-refractivity contribution >= 4 is 17.9 Å². The molecular weight excluding hydrogens is 190 g/mol. The van der Waals surface area contributed by atoms with Crippen molar-refractivity contribution < 1.29 is 9.21 Å². The molecule has 70 valence electrons. The van der Waals surface area contributed by atoms with Crippen LogP contribution in [0.1, 0.15) is 47.8 Å². The average Bonchev–Trinajstić information content (AvgIpc) is 2.71. The summed E-state index contributed by atoms with van der Waals surface area (Å²) >= 11 is 5.59. The number of hydrogen-bond acceptors (Lipinski definition) is 3. The Kier molecular flexibility index (Phi) is 2.36. The molecule has 0 spiro atoms. The fraction of sp³-hybridized carbons (Fsp3) is 0.556. The number of aldehydes is 1. The minimum atomic E-state index is 0.0731. The summed E-state index contributed by atoms with van der Waals surface area (Å²) in [6.45, 7) is 0. The second kappa shape index (κ2) is 3.50. The van der Waals surface area contributed by atoms with Gasteiger partial charge in [0.2, 0.25) is 0 Å². The summed E-state index contributed by atoms with van der Waals surface area (Å²) in [5.41, 5.74) is 0.372. The number of rotatable bonds is 2. The molecule has 0 unspecified atom stereocenters. The van der Waals surface area contributed by atoms with Crippen LogP contribution in [0.5, 0.6) is 0 Å². The van der Waals surface area contributed by atoms with Gasteiger partial charge in [-0.1, -0.05) is 12.8 Å². The lowest BCUT2D eigenvalue weighted by Gasteiger charge is -2.03. The number of hydrogen-bond donors (Lipinski definition) is 0. The maximum Gasteiger partial charge on any atom is 0.292 e. The molecule has 1 aromatic heterocycles. The molecule has 0 aliphatic heterocycles. The normalized spacial score (nSPS) is 17.9. The molecule has 0 aromatic carbocycles. The highest BCUT2D eigenvalue weighted by atomic mass is 35.5. The first-order valence-corrected chi connectivity index (χ1v) is 4.80. The Morgan fingerprint density at radius 3 is 2.77 bits per heavy atom. The number of carbonyl (C=O) groups is 1. The van der Waals surface area contributed by atoms with Crippen LogP contribution in [0.15, 0.2) is 4.42 Å². The third-order valence-corrected chi connectivity index (χ3v) is 2.65. The van der Waals surface area contributed by atoms with Crippen LogP contribution < -0.4 is 0 Å². The van der Waals surface area contributed by atoms with Gasteiger partial charge in [0.15, 0.2) is 6.29 Å². The highest BCUT2D eigenvalue weighted by molar-refractivity contribution is 6.27.